The fourth-order valence-corrected chi connectivity index (χ4v) is 2.46. The number of benzene rings is 2. The van der Waals surface area contributed by atoms with Crippen LogP contribution in [0.15, 0.2) is 72.9 Å². The van der Waals surface area contributed by atoms with Crippen LogP contribution in [0.2, 0.25) is 0 Å². The Morgan fingerprint density at radius 1 is 0.957 bits per heavy atom. The summed E-state index contributed by atoms with van der Waals surface area (Å²) in [6.45, 7) is 0. The van der Waals surface area contributed by atoms with E-state index in [0.29, 0.717) is 5.56 Å². The molecule has 23 heavy (non-hydrogen) atoms. The number of hydrogen-bond acceptors (Lipinski definition) is 2. The molecule has 0 saturated heterocycles. The Labute approximate surface area is 132 Å². The zero-order chi connectivity index (χ0) is 15.6. The van der Waals surface area contributed by atoms with Crippen molar-refractivity contribution in [2.75, 3.05) is 5.32 Å². The van der Waals surface area contributed by atoms with Crippen molar-refractivity contribution in [2.45, 2.75) is 0 Å². The summed E-state index contributed by atoms with van der Waals surface area (Å²) in [5, 5.41) is 9.78. The molecule has 4 aromatic rings. The first-order valence-electron chi connectivity index (χ1n) is 7.29. The molecule has 2 heterocycles. The zero-order valence-corrected chi connectivity index (χ0v) is 12.2. The number of amides is 1. The van der Waals surface area contributed by atoms with Gasteiger partial charge >= 0.3 is 0 Å². The third-order valence-electron chi connectivity index (χ3n) is 3.69. The number of rotatable bonds is 3. The van der Waals surface area contributed by atoms with Crippen LogP contribution in [0.25, 0.3) is 16.8 Å². The Hall–Kier alpha value is -3.34. The maximum absolute atomic E-state index is 12.2. The molecule has 4 rings (SSSR count). The lowest BCUT2D eigenvalue weighted by molar-refractivity contribution is 0.102. The molecule has 0 aliphatic carbocycles. The number of nitrogens with zero attached hydrogens (tertiary/aromatic N) is 2. The molecule has 5 nitrogen and oxygen atoms in total. The van der Waals surface area contributed by atoms with Gasteiger partial charge in [0.1, 0.15) is 0 Å². The highest BCUT2D eigenvalue weighted by atomic mass is 16.1. The summed E-state index contributed by atoms with van der Waals surface area (Å²) < 4.78 is 1.85. The van der Waals surface area contributed by atoms with Crippen molar-refractivity contribution in [1.82, 2.24) is 14.8 Å². The van der Waals surface area contributed by atoms with Gasteiger partial charge in [-0.15, -0.1) is 5.10 Å². The lowest BCUT2D eigenvalue weighted by atomic mass is 10.1. The van der Waals surface area contributed by atoms with Crippen molar-refractivity contribution < 1.29 is 4.79 Å². The number of aromatic nitrogens is 3. The summed E-state index contributed by atoms with van der Waals surface area (Å²) >= 11 is 0. The van der Waals surface area contributed by atoms with Crippen molar-refractivity contribution in [2.24, 2.45) is 0 Å². The minimum Gasteiger partial charge on any atom is -0.322 e. The van der Waals surface area contributed by atoms with Gasteiger partial charge in [0.15, 0.2) is 5.65 Å². The van der Waals surface area contributed by atoms with Gasteiger partial charge in [0.25, 0.3) is 5.91 Å². The van der Waals surface area contributed by atoms with Crippen molar-refractivity contribution in [3.05, 3.63) is 78.5 Å². The average Bonchev–Trinajstić information content (AvgIpc) is 2.57. The van der Waals surface area contributed by atoms with E-state index in [9.17, 15) is 4.79 Å². The Balaban J connectivity index is 1.60. The Kier molecular flexibility index (Phi) is 3.16. The lowest BCUT2D eigenvalue weighted by Gasteiger charge is -2.10. The summed E-state index contributed by atoms with van der Waals surface area (Å²) in [5.41, 5.74) is 4.37. The van der Waals surface area contributed by atoms with Crippen LogP contribution in [0.1, 0.15) is 10.4 Å². The summed E-state index contributed by atoms with van der Waals surface area (Å²) in [6.07, 6.45) is 1.97. The highest BCUT2D eigenvalue weighted by Crippen LogP contribution is 2.23. The van der Waals surface area contributed by atoms with Crippen LogP contribution in [0.5, 0.6) is 0 Å². The number of H-pyrrole nitrogens is 1. The van der Waals surface area contributed by atoms with Crippen molar-refractivity contribution in [3.63, 3.8) is 0 Å². The van der Waals surface area contributed by atoms with Crippen LogP contribution in [0, 0.1) is 0 Å². The van der Waals surface area contributed by atoms with Crippen molar-refractivity contribution in [3.8, 4) is 11.1 Å². The molecule has 2 aromatic heterocycles. The molecule has 0 bridgehead atoms. The normalized spacial score (nSPS) is 10.8. The number of hydrogen-bond donors (Lipinski definition) is 2. The molecule has 0 fully saturated rings. The third-order valence-corrected chi connectivity index (χ3v) is 3.69. The maximum atomic E-state index is 12.2. The molecule has 0 unspecified atom stereocenters. The molecule has 2 N–H and O–H groups in total. The minimum absolute atomic E-state index is 0.116. The molecule has 112 valence electrons. The molecular formula is C18H14N4O. The number of carbonyl (C=O) groups is 1. The molecule has 0 saturated carbocycles. The number of pyridine rings is 1. The minimum atomic E-state index is -0.116. The molecule has 1 amide bonds. The van der Waals surface area contributed by atoms with Crippen LogP contribution in [0.3, 0.4) is 0 Å². The van der Waals surface area contributed by atoms with Gasteiger partial charge in [0.2, 0.25) is 0 Å². The standard InChI is InChI=1S/C18H14N4O/c23-18(13-5-2-1-3-6-13)19-16-8-4-7-14(11-16)15-9-10-17-20-21-22(17)12-15/h1-12,21H,(H,19,23). The first kappa shape index (κ1) is 13.3. The molecule has 5 heteroatoms. The van der Waals surface area contributed by atoms with Crippen LogP contribution < -0.4 is 5.32 Å². The number of aromatic amines is 1. The van der Waals surface area contributed by atoms with E-state index >= 15 is 0 Å². The fraction of sp³-hybridized carbons (Fsp3) is 0. The van der Waals surface area contributed by atoms with Gasteiger partial charge in [0.05, 0.1) is 0 Å². The van der Waals surface area contributed by atoms with E-state index in [0.717, 1.165) is 22.5 Å². The molecule has 2 aromatic carbocycles. The summed E-state index contributed by atoms with van der Waals surface area (Å²) in [7, 11) is 0. The monoisotopic (exact) mass is 302 g/mol. The van der Waals surface area contributed by atoms with E-state index < -0.39 is 0 Å². The Morgan fingerprint density at radius 3 is 2.57 bits per heavy atom. The lowest BCUT2D eigenvalue weighted by Crippen LogP contribution is -2.11. The van der Waals surface area contributed by atoms with E-state index in [1.807, 2.05) is 65.3 Å². The van der Waals surface area contributed by atoms with Gasteiger partial charge in [-0.05, 0) is 42.0 Å². The van der Waals surface area contributed by atoms with Crippen LogP contribution in [-0.4, -0.2) is 20.7 Å². The van der Waals surface area contributed by atoms with Gasteiger partial charge in [-0.25, -0.2) is 9.73 Å². The highest BCUT2D eigenvalue weighted by Gasteiger charge is 2.07. The zero-order valence-electron chi connectivity index (χ0n) is 12.2. The average molecular weight is 302 g/mol. The van der Waals surface area contributed by atoms with E-state index in [1.165, 1.54) is 0 Å². The molecule has 0 radical (unpaired) electrons. The number of nitrogens with one attached hydrogen (secondary N) is 2. The first-order valence-corrected chi connectivity index (χ1v) is 7.29. The summed E-state index contributed by atoms with van der Waals surface area (Å²) in [4.78, 5) is 12.2. The van der Waals surface area contributed by atoms with E-state index in [2.05, 4.69) is 15.6 Å². The van der Waals surface area contributed by atoms with Gasteiger partial charge in [0, 0.05) is 23.0 Å². The maximum Gasteiger partial charge on any atom is 0.255 e. The predicted octanol–water partition coefficient (Wildman–Crippen LogP) is 3.58. The van der Waals surface area contributed by atoms with Crippen molar-refractivity contribution in [1.29, 1.82) is 0 Å². The van der Waals surface area contributed by atoms with Gasteiger partial charge in [-0.1, -0.05) is 30.3 Å². The van der Waals surface area contributed by atoms with Crippen LogP contribution in [0.4, 0.5) is 5.69 Å². The second-order valence-corrected chi connectivity index (χ2v) is 5.26. The molecule has 0 spiro atoms. The topological polar surface area (TPSA) is 62.2 Å². The van der Waals surface area contributed by atoms with E-state index in [1.54, 1.807) is 12.1 Å². The van der Waals surface area contributed by atoms with Gasteiger partial charge in [-0.3, -0.25) is 4.79 Å². The fourth-order valence-electron chi connectivity index (χ4n) is 2.46. The SMILES string of the molecule is O=C(Nc1cccc(-c2ccc3n[nH]n3c2)c1)c1ccccc1. The molecule has 0 atom stereocenters. The van der Waals surface area contributed by atoms with Gasteiger partial charge < -0.3 is 5.32 Å². The Bertz CT molecular complexity index is 969. The molecular weight excluding hydrogens is 288 g/mol. The second kappa shape index (κ2) is 5.46. The molecule has 0 aliphatic rings. The quantitative estimate of drug-likeness (QED) is 0.607. The van der Waals surface area contributed by atoms with E-state index in [-0.39, 0.29) is 5.91 Å². The number of fused-ring (bicyclic) bond motifs is 1. The summed E-state index contributed by atoms with van der Waals surface area (Å²) in [5.74, 6) is -0.116. The number of carbonyl (C=O) groups excluding carboxylic acids is 1. The van der Waals surface area contributed by atoms with Crippen molar-refractivity contribution >= 4 is 17.2 Å². The third kappa shape index (κ3) is 2.60. The van der Waals surface area contributed by atoms with Crippen LogP contribution >= 0.6 is 0 Å². The smallest absolute Gasteiger partial charge is 0.255 e. The Morgan fingerprint density at radius 2 is 1.83 bits per heavy atom. The first-order chi connectivity index (χ1) is 11.3. The summed E-state index contributed by atoms with van der Waals surface area (Å²) in [6, 6.07) is 20.9. The predicted molar refractivity (Wildman–Crippen MR) is 89.4 cm³/mol. The second-order valence-electron chi connectivity index (χ2n) is 5.26. The van der Waals surface area contributed by atoms with Crippen LogP contribution in [-0.2, 0) is 0 Å². The highest BCUT2D eigenvalue weighted by molar-refractivity contribution is 6.04. The largest absolute Gasteiger partial charge is 0.322 e. The molecule has 0 aliphatic heterocycles. The number of anilines is 1. The van der Waals surface area contributed by atoms with E-state index in [4.69, 9.17) is 0 Å². The van der Waals surface area contributed by atoms with Gasteiger partial charge in [-0.2, -0.15) is 0 Å².